The van der Waals surface area contributed by atoms with Crippen LogP contribution in [0.15, 0.2) is 42.5 Å². The molecule has 3 nitrogen and oxygen atoms in total. The fourth-order valence-electron chi connectivity index (χ4n) is 2.73. The van der Waals surface area contributed by atoms with Crippen LogP contribution in [0.4, 0.5) is 4.39 Å². The zero-order valence-corrected chi connectivity index (χ0v) is 11.9. The van der Waals surface area contributed by atoms with E-state index in [9.17, 15) is 4.39 Å². The minimum Gasteiger partial charge on any atom is -0.485 e. The van der Waals surface area contributed by atoms with Gasteiger partial charge in [0.25, 0.3) is 0 Å². The molecule has 1 aliphatic heterocycles. The van der Waals surface area contributed by atoms with Crippen LogP contribution in [0.1, 0.15) is 35.3 Å². The number of ether oxygens (including phenoxy) is 2. The van der Waals surface area contributed by atoms with Gasteiger partial charge in [0.05, 0.1) is 6.61 Å². The second-order valence-corrected chi connectivity index (χ2v) is 5.31. The maximum absolute atomic E-state index is 13.4. The molecule has 0 saturated heterocycles. The summed E-state index contributed by atoms with van der Waals surface area (Å²) in [5, 5.41) is 0. The van der Waals surface area contributed by atoms with Gasteiger partial charge < -0.3 is 15.2 Å². The molecule has 0 bridgehead atoms. The molecule has 2 aromatic rings. The molecular formula is C17H18FNO2. The number of benzene rings is 2. The van der Waals surface area contributed by atoms with E-state index in [1.807, 2.05) is 24.3 Å². The third-order valence-electron chi connectivity index (χ3n) is 3.75. The summed E-state index contributed by atoms with van der Waals surface area (Å²) in [5.41, 5.74) is 9.17. The van der Waals surface area contributed by atoms with Gasteiger partial charge in [0.1, 0.15) is 17.7 Å². The Bertz CT molecular complexity index is 644. The molecule has 21 heavy (non-hydrogen) atoms. The van der Waals surface area contributed by atoms with E-state index >= 15 is 0 Å². The fraction of sp³-hybridized carbons (Fsp3) is 0.294. The van der Waals surface area contributed by atoms with Gasteiger partial charge in [0.15, 0.2) is 0 Å². The van der Waals surface area contributed by atoms with Crippen molar-refractivity contribution in [3.63, 3.8) is 0 Å². The van der Waals surface area contributed by atoms with E-state index in [0.717, 1.165) is 16.7 Å². The smallest absolute Gasteiger partial charge is 0.127 e. The number of nitrogens with two attached hydrogens (primary N) is 1. The lowest BCUT2D eigenvalue weighted by Gasteiger charge is -2.30. The molecule has 0 aromatic heterocycles. The molecule has 0 radical (unpaired) electrons. The SMILES string of the molecule is COCc1cccc(C2C[C@@H](N)c3ccc(F)cc3O2)c1. The topological polar surface area (TPSA) is 44.5 Å². The maximum atomic E-state index is 13.4. The van der Waals surface area contributed by atoms with Crippen molar-refractivity contribution in [2.45, 2.75) is 25.2 Å². The van der Waals surface area contributed by atoms with Crippen LogP contribution >= 0.6 is 0 Å². The van der Waals surface area contributed by atoms with Crippen molar-refractivity contribution >= 4 is 0 Å². The van der Waals surface area contributed by atoms with Gasteiger partial charge in [-0.3, -0.25) is 0 Å². The minimum atomic E-state index is -0.310. The first-order valence-electron chi connectivity index (χ1n) is 6.97. The molecular weight excluding hydrogens is 269 g/mol. The summed E-state index contributed by atoms with van der Waals surface area (Å²) in [4.78, 5) is 0. The number of rotatable bonds is 3. The molecule has 3 rings (SSSR count). The van der Waals surface area contributed by atoms with Crippen molar-refractivity contribution in [1.82, 2.24) is 0 Å². The summed E-state index contributed by atoms with van der Waals surface area (Å²) in [6, 6.07) is 12.4. The Balaban J connectivity index is 1.89. The maximum Gasteiger partial charge on any atom is 0.127 e. The molecule has 1 aliphatic rings. The molecule has 110 valence electrons. The Morgan fingerprint density at radius 1 is 1.29 bits per heavy atom. The highest BCUT2D eigenvalue weighted by Gasteiger charge is 2.27. The van der Waals surface area contributed by atoms with Crippen molar-refractivity contribution in [3.05, 3.63) is 65.0 Å². The fourth-order valence-corrected chi connectivity index (χ4v) is 2.73. The highest BCUT2D eigenvalue weighted by Crippen LogP contribution is 2.40. The largest absolute Gasteiger partial charge is 0.485 e. The Morgan fingerprint density at radius 3 is 2.95 bits per heavy atom. The van der Waals surface area contributed by atoms with Gasteiger partial charge >= 0.3 is 0 Å². The second-order valence-electron chi connectivity index (χ2n) is 5.31. The molecule has 2 N–H and O–H groups in total. The van der Waals surface area contributed by atoms with Crippen LogP contribution in [0.25, 0.3) is 0 Å². The Morgan fingerprint density at radius 2 is 2.14 bits per heavy atom. The van der Waals surface area contributed by atoms with Gasteiger partial charge in [-0.25, -0.2) is 4.39 Å². The third kappa shape index (κ3) is 2.91. The summed E-state index contributed by atoms with van der Waals surface area (Å²) < 4.78 is 24.5. The van der Waals surface area contributed by atoms with Crippen molar-refractivity contribution in [1.29, 1.82) is 0 Å². The van der Waals surface area contributed by atoms with Crippen molar-refractivity contribution < 1.29 is 13.9 Å². The van der Waals surface area contributed by atoms with Crippen LogP contribution in [-0.2, 0) is 11.3 Å². The van der Waals surface area contributed by atoms with Crippen molar-refractivity contribution in [2.75, 3.05) is 7.11 Å². The molecule has 1 unspecified atom stereocenters. The van der Waals surface area contributed by atoms with Crippen molar-refractivity contribution in [3.8, 4) is 5.75 Å². The number of hydrogen-bond donors (Lipinski definition) is 1. The molecule has 1 heterocycles. The number of hydrogen-bond acceptors (Lipinski definition) is 3. The van der Waals surface area contributed by atoms with Gasteiger partial charge in [-0.1, -0.05) is 24.3 Å². The monoisotopic (exact) mass is 287 g/mol. The first kappa shape index (κ1) is 14.0. The van der Waals surface area contributed by atoms with Gasteiger partial charge in [-0.2, -0.15) is 0 Å². The lowest BCUT2D eigenvalue weighted by atomic mass is 9.93. The van der Waals surface area contributed by atoms with Crippen LogP contribution in [0, 0.1) is 5.82 Å². The van der Waals surface area contributed by atoms with E-state index in [4.69, 9.17) is 15.2 Å². The summed E-state index contributed by atoms with van der Waals surface area (Å²) >= 11 is 0. The molecule has 0 aliphatic carbocycles. The third-order valence-corrected chi connectivity index (χ3v) is 3.75. The van der Waals surface area contributed by atoms with E-state index in [1.54, 1.807) is 13.2 Å². The quantitative estimate of drug-likeness (QED) is 0.939. The standard InChI is InChI=1S/C17H18FNO2/c1-20-10-11-3-2-4-12(7-11)16-9-15(19)14-6-5-13(18)8-17(14)21-16/h2-8,15-16H,9-10,19H2,1H3/t15-,16?/m1/s1. The lowest BCUT2D eigenvalue weighted by Crippen LogP contribution is -2.24. The molecule has 0 fully saturated rings. The molecule has 0 spiro atoms. The first-order chi connectivity index (χ1) is 10.2. The number of methoxy groups -OCH3 is 1. The van der Waals surface area contributed by atoms with Crippen LogP contribution in [0.2, 0.25) is 0 Å². The average Bonchev–Trinajstić information content (AvgIpc) is 2.47. The summed E-state index contributed by atoms with van der Waals surface area (Å²) in [5.74, 6) is 0.227. The van der Waals surface area contributed by atoms with Crippen LogP contribution < -0.4 is 10.5 Å². The van der Waals surface area contributed by atoms with E-state index in [-0.39, 0.29) is 18.0 Å². The van der Waals surface area contributed by atoms with Gasteiger partial charge in [-0.05, 0) is 23.3 Å². The lowest BCUT2D eigenvalue weighted by molar-refractivity contribution is 0.159. The zero-order chi connectivity index (χ0) is 14.8. The average molecular weight is 287 g/mol. The Hall–Kier alpha value is -1.91. The summed E-state index contributed by atoms with van der Waals surface area (Å²) in [6.07, 6.45) is 0.515. The van der Waals surface area contributed by atoms with Crippen molar-refractivity contribution in [2.24, 2.45) is 5.73 Å². The van der Waals surface area contributed by atoms with E-state index < -0.39 is 0 Å². The van der Waals surface area contributed by atoms with E-state index in [0.29, 0.717) is 18.8 Å². The molecule has 2 aromatic carbocycles. The number of halogens is 1. The predicted molar refractivity (Wildman–Crippen MR) is 78.5 cm³/mol. The second kappa shape index (κ2) is 5.84. The normalized spacial score (nSPS) is 20.7. The number of fused-ring (bicyclic) bond motifs is 1. The summed E-state index contributed by atoms with van der Waals surface area (Å²) in [6.45, 7) is 0.553. The van der Waals surface area contributed by atoms with E-state index in [2.05, 4.69) is 0 Å². The van der Waals surface area contributed by atoms with Crippen LogP contribution in [0.3, 0.4) is 0 Å². The Labute approximate surface area is 123 Å². The highest BCUT2D eigenvalue weighted by atomic mass is 19.1. The molecule has 0 amide bonds. The molecule has 4 heteroatoms. The van der Waals surface area contributed by atoms with Gasteiger partial charge in [0, 0.05) is 31.2 Å². The predicted octanol–water partition coefficient (Wildman–Crippen LogP) is 3.50. The molecule has 2 atom stereocenters. The van der Waals surface area contributed by atoms with Crippen LogP contribution in [-0.4, -0.2) is 7.11 Å². The van der Waals surface area contributed by atoms with Gasteiger partial charge in [-0.15, -0.1) is 0 Å². The zero-order valence-electron chi connectivity index (χ0n) is 11.9. The van der Waals surface area contributed by atoms with Crippen LogP contribution in [0.5, 0.6) is 5.75 Å². The summed E-state index contributed by atoms with van der Waals surface area (Å²) in [7, 11) is 1.67. The first-order valence-corrected chi connectivity index (χ1v) is 6.97. The van der Waals surface area contributed by atoms with Gasteiger partial charge in [0.2, 0.25) is 0 Å². The highest BCUT2D eigenvalue weighted by molar-refractivity contribution is 5.40. The minimum absolute atomic E-state index is 0.148. The van der Waals surface area contributed by atoms with E-state index in [1.165, 1.54) is 12.1 Å². The Kier molecular flexibility index (Phi) is 3.90. The molecule has 0 saturated carbocycles.